The minimum Gasteiger partial charge on any atom is -0.481 e. The number of carboxylic acid groups (broad SMARTS) is 1. The summed E-state index contributed by atoms with van der Waals surface area (Å²) >= 11 is 0. The molecule has 6 nitrogen and oxygen atoms in total. The number of ether oxygens (including phenoxy) is 1. The van der Waals surface area contributed by atoms with Gasteiger partial charge in [-0.25, -0.2) is 0 Å². The Morgan fingerprint density at radius 1 is 1.60 bits per heavy atom. The predicted molar refractivity (Wildman–Crippen MR) is 48.4 cm³/mol. The third-order valence-corrected chi connectivity index (χ3v) is 2.31. The second-order valence-corrected chi connectivity index (χ2v) is 3.53. The minimum atomic E-state index is -0.968. The monoisotopic (exact) mass is 212 g/mol. The molecule has 1 unspecified atom stereocenters. The maximum absolute atomic E-state index is 10.4. The lowest BCUT2D eigenvalue weighted by atomic mass is 10.0. The molecule has 0 saturated carbocycles. The Kier molecular flexibility index (Phi) is 2.96. The van der Waals surface area contributed by atoms with E-state index in [2.05, 4.69) is 10.1 Å². The highest BCUT2D eigenvalue weighted by molar-refractivity contribution is 5.68. The van der Waals surface area contributed by atoms with E-state index < -0.39 is 5.97 Å². The van der Waals surface area contributed by atoms with Crippen molar-refractivity contribution < 1.29 is 19.2 Å². The zero-order valence-electron chi connectivity index (χ0n) is 8.18. The quantitative estimate of drug-likeness (QED) is 0.789. The second-order valence-electron chi connectivity index (χ2n) is 3.53. The van der Waals surface area contributed by atoms with E-state index in [1.54, 1.807) is 0 Å². The van der Waals surface area contributed by atoms with Crippen molar-refractivity contribution in [1.82, 2.24) is 10.1 Å². The van der Waals surface area contributed by atoms with Gasteiger partial charge in [-0.3, -0.25) is 4.79 Å². The Labute approximate surface area is 86.2 Å². The first-order valence-corrected chi connectivity index (χ1v) is 4.87. The molecule has 82 valence electrons. The molecule has 0 spiro atoms. The van der Waals surface area contributed by atoms with E-state index in [4.69, 9.17) is 14.4 Å². The molecular weight excluding hydrogens is 200 g/mol. The second kappa shape index (κ2) is 4.39. The van der Waals surface area contributed by atoms with Crippen LogP contribution in [0.1, 0.15) is 30.5 Å². The lowest BCUT2D eigenvalue weighted by molar-refractivity contribution is -0.136. The molecule has 0 bridgehead atoms. The van der Waals surface area contributed by atoms with Crippen LogP contribution in [0.25, 0.3) is 0 Å². The molecule has 1 aliphatic heterocycles. The Balaban J connectivity index is 2.02. The van der Waals surface area contributed by atoms with E-state index in [-0.39, 0.29) is 18.2 Å². The van der Waals surface area contributed by atoms with Crippen LogP contribution in [0.3, 0.4) is 0 Å². The largest absolute Gasteiger partial charge is 0.481 e. The average Bonchev–Trinajstić information content (AvgIpc) is 2.67. The molecule has 1 atom stereocenters. The van der Waals surface area contributed by atoms with E-state index in [0.29, 0.717) is 12.4 Å². The Morgan fingerprint density at radius 3 is 3.13 bits per heavy atom. The average molecular weight is 212 g/mol. The third-order valence-electron chi connectivity index (χ3n) is 2.31. The van der Waals surface area contributed by atoms with Gasteiger partial charge in [0.25, 0.3) is 0 Å². The molecule has 2 rings (SSSR count). The summed E-state index contributed by atoms with van der Waals surface area (Å²) in [6, 6.07) is 0. The van der Waals surface area contributed by atoms with Gasteiger partial charge in [0.1, 0.15) is 6.42 Å². The van der Waals surface area contributed by atoms with Crippen LogP contribution in [0.15, 0.2) is 4.52 Å². The van der Waals surface area contributed by atoms with Crippen LogP contribution in [-0.4, -0.2) is 34.4 Å². The van der Waals surface area contributed by atoms with Gasteiger partial charge in [-0.05, 0) is 12.8 Å². The van der Waals surface area contributed by atoms with E-state index in [1.807, 2.05) is 0 Å². The molecule has 0 aliphatic carbocycles. The van der Waals surface area contributed by atoms with Crippen LogP contribution < -0.4 is 0 Å². The molecule has 0 amide bonds. The number of carboxylic acids is 1. The fourth-order valence-corrected chi connectivity index (χ4v) is 1.58. The summed E-state index contributed by atoms with van der Waals surface area (Å²) < 4.78 is 10.1. The summed E-state index contributed by atoms with van der Waals surface area (Å²) in [5.41, 5.74) is 0. The van der Waals surface area contributed by atoms with Crippen LogP contribution in [0.2, 0.25) is 0 Å². The molecule has 1 saturated heterocycles. The lowest BCUT2D eigenvalue weighted by Crippen LogP contribution is -2.16. The first-order chi connectivity index (χ1) is 7.25. The molecule has 2 heterocycles. The zero-order chi connectivity index (χ0) is 10.7. The van der Waals surface area contributed by atoms with Crippen LogP contribution in [0, 0.1) is 0 Å². The van der Waals surface area contributed by atoms with E-state index in [9.17, 15) is 4.79 Å². The number of carbonyl (C=O) groups is 1. The SMILES string of the molecule is O=C(O)Cc1nc(C2CCCOC2)no1. The van der Waals surface area contributed by atoms with Gasteiger partial charge in [0, 0.05) is 12.5 Å². The van der Waals surface area contributed by atoms with Crippen LogP contribution in [0.4, 0.5) is 0 Å². The van der Waals surface area contributed by atoms with Crippen LogP contribution in [-0.2, 0) is 16.0 Å². The van der Waals surface area contributed by atoms with E-state index in [1.165, 1.54) is 0 Å². The summed E-state index contributed by atoms with van der Waals surface area (Å²) in [6.07, 6.45) is 1.72. The molecule has 1 aromatic heterocycles. The number of rotatable bonds is 3. The summed E-state index contributed by atoms with van der Waals surface area (Å²) in [4.78, 5) is 14.4. The molecule has 1 fully saturated rings. The number of nitrogens with zero attached hydrogens (tertiary/aromatic N) is 2. The number of aromatic nitrogens is 2. The van der Waals surface area contributed by atoms with Crippen molar-refractivity contribution in [3.05, 3.63) is 11.7 Å². The summed E-state index contributed by atoms with van der Waals surface area (Å²) in [7, 11) is 0. The highest BCUT2D eigenvalue weighted by Crippen LogP contribution is 2.22. The van der Waals surface area contributed by atoms with Gasteiger partial charge in [0.15, 0.2) is 5.82 Å². The first-order valence-electron chi connectivity index (χ1n) is 4.87. The molecule has 1 aromatic rings. The van der Waals surface area contributed by atoms with Gasteiger partial charge in [-0.15, -0.1) is 0 Å². The maximum atomic E-state index is 10.4. The smallest absolute Gasteiger partial charge is 0.312 e. The van der Waals surface area contributed by atoms with Crippen molar-refractivity contribution >= 4 is 5.97 Å². The van der Waals surface area contributed by atoms with Gasteiger partial charge < -0.3 is 14.4 Å². The normalized spacial score (nSPS) is 21.5. The van der Waals surface area contributed by atoms with Crippen molar-refractivity contribution in [2.75, 3.05) is 13.2 Å². The Bertz CT molecular complexity index is 344. The number of aliphatic carboxylic acids is 1. The van der Waals surface area contributed by atoms with Crippen molar-refractivity contribution in [2.24, 2.45) is 0 Å². The zero-order valence-corrected chi connectivity index (χ0v) is 8.18. The highest BCUT2D eigenvalue weighted by atomic mass is 16.5. The fourth-order valence-electron chi connectivity index (χ4n) is 1.58. The van der Waals surface area contributed by atoms with Gasteiger partial charge in [-0.1, -0.05) is 5.16 Å². The first kappa shape index (κ1) is 10.1. The minimum absolute atomic E-state index is 0.144. The number of hydrogen-bond donors (Lipinski definition) is 1. The predicted octanol–water partition coefficient (Wildman–Crippen LogP) is 0.591. The summed E-state index contributed by atoms with van der Waals surface area (Å²) in [6.45, 7) is 1.36. The molecule has 15 heavy (non-hydrogen) atoms. The Morgan fingerprint density at radius 2 is 2.47 bits per heavy atom. The maximum Gasteiger partial charge on any atom is 0.312 e. The van der Waals surface area contributed by atoms with E-state index in [0.717, 1.165) is 19.4 Å². The molecule has 6 heteroatoms. The van der Waals surface area contributed by atoms with Gasteiger partial charge >= 0.3 is 5.97 Å². The van der Waals surface area contributed by atoms with Gasteiger partial charge in [0.05, 0.1) is 6.61 Å². The van der Waals surface area contributed by atoms with Crippen molar-refractivity contribution in [2.45, 2.75) is 25.2 Å². The molecule has 0 radical (unpaired) electrons. The third kappa shape index (κ3) is 2.53. The number of hydrogen-bond acceptors (Lipinski definition) is 5. The molecular formula is C9H12N2O4. The Hall–Kier alpha value is -1.43. The molecule has 1 N–H and O–H groups in total. The molecule has 1 aliphatic rings. The van der Waals surface area contributed by atoms with Crippen LogP contribution >= 0.6 is 0 Å². The lowest BCUT2D eigenvalue weighted by Gasteiger charge is -2.18. The van der Waals surface area contributed by atoms with Gasteiger partial charge in [-0.2, -0.15) is 4.98 Å². The standard InChI is InChI=1S/C9H12N2O4/c12-8(13)4-7-10-9(11-15-7)6-2-1-3-14-5-6/h6H,1-5H2,(H,12,13). The van der Waals surface area contributed by atoms with E-state index >= 15 is 0 Å². The fraction of sp³-hybridized carbons (Fsp3) is 0.667. The summed E-state index contributed by atoms with van der Waals surface area (Å²) in [5, 5.41) is 12.3. The highest BCUT2D eigenvalue weighted by Gasteiger charge is 2.21. The van der Waals surface area contributed by atoms with Crippen molar-refractivity contribution in [1.29, 1.82) is 0 Å². The van der Waals surface area contributed by atoms with Crippen molar-refractivity contribution in [3.63, 3.8) is 0 Å². The van der Waals surface area contributed by atoms with Gasteiger partial charge in [0.2, 0.25) is 5.89 Å². The summed E-state index contributed by atoms with van der Waals surface area (Å²) in [5.74, 6) is -0.107. The van der Waals surface area contributed by atoms with Crippen LogP contribution in [0.5, 0.6) is 0 Å². The molecule has 0 aromatic carbocycles. The van der Waals surface area contributed by atoms with Crippen molar-refractivity contribution in [3.8, 4) is 0 Å². The topological polar surface area (TPSA) is 85.5 Å².